The first kappa shape index (κ1) is 26.3. The average molecular weight is 620 g/mol. The molecule has 0 aliphatic carbocycles. The predicted octanol–water partition coefficient (Wildman–Crippen LogP) is 2.01. The van der Waals surface area contributed by atoms with Crippen LogP contribution < -0.4 is 50.7 Å². The minimum absolute atomic E-state index is 0. The zero-order valence-electron chi connectivity index (χ0n) is 20.2. The van der Waals surface area contributed by atoms with Gasteiger partial charge in [0.2, 0.25) is 0 Å². The van der Waals surface area contributed by atoms with Crippen LogP contribution in [0.5, 0.6) is 0 Å². The Morgan fingerprint density at radius 3 is 1.56 bits per heavy atom. The van der Waals surface area contributed by atoms with Crippen molar-refractivity contribution in [2.45, 2.75) is 11.9 Å². The quantitative estimate of drug-likeness (QED) is 0.137. The van der Waals surface area contributed by atoms with Gasteiger partial charge >= 0.3 is 0 Å². The van der Waals surface area contributed by atoms with Crippen molar-refractivity contribution in [1.29, 1.82) is 5.41 Å². The number of nitrogens with zero attached hydrogens (tertiary/aromatic N) is 2. The minimum Gasteiger partial charge on any atom is -1.00 e. The first-order valence-electron chi connectivity index (χ1n) is 11.5. The minimum atomic E-state index is -2.45. The molecule has 0 amide bonds. The predicted molar refractivity (Wildman–Crippen MR) is 151 cm³/mol. The molecule has 1 heterocycles. The van der Waals surface area contributed by atoms with E-state index >= 15 is 0 Å². The van der Waals surface area contributed by atoms with Crippen LogP contribution >= 0.6 is 19.0 Å². The van der Waals surface area contributed by atoms with Gasteiger partial charge in [0.1, 0.15) is 27.3 Å². The van der Waals surface area contributed by atoms with Crippen molar-refractivity contribution in [3.8, 4) is 5.69 Å². The number of hydrogen-bond donors (Lipinski definition) is 1. The summed E-state index contributed by atoms with van der Waals surface area (Å²) in [7, 11) is -2.45. The Morgan fingerprint density at radius 1 is 0.694 bits per heavy atom. The summed E-state index contributed by atoms with van der Waals surface area (Å²) in [6.45, 7) is 2.08. The van der Waals surface area contributed by atoms with Gasteiger partial charge in [-0.25, -0.2) is 4.98 Å². The maximum absolute atomic E-state index is 9.62. The van der Waals surface area contributed by atoms with Gasteiger partial charge in [-0.3, -0.25) is 9.98 Å². The fourth-order valence-corrected chi connectivity index (χ4v) is 10.0. The van der Waals surface area contributed by atoms with Crippen molar-refractivity contribution in [3.05, 3.63) is 133 Å². The first-order valence-corrected chi connectivity index (χ1v) is 14.5. The molecule has 0 unspecified atom stereocenters. The summed E-state index contributed by atoms with van der Waals surface area (Å²) in [6, 6.07) is 40.3. The van der Waals surface area contributed by atoms with E-state index in [-0.39, 0.29) is 24.0 Å². The lowest BCUT2D eigenvalue weighted by Gasteiger charge is -2.29. The molecule has 6 heteroatoms. The highest BCUT2D eigenvalue weighted by Crippen LogP contribution is 2.54. The molecular formula is C30H27IN3PS. The standard InChI is InChI=1S/C30H27N3PS.HI/c1-23-18-20-24(21-19-23)33-22-32-30(35-2)28(29(33)31)34(25-12-6-3-7-13-25,26-14-8-4-9-15-26)27-16-10-5-11-17-27;/h3-22,31H,1-2H3;1H/q+1;/p-1. The van der Waals surface area contributed by atoms with E-state index in [4.69, 9.17) is 4.98 Å². The zero-order chi connectivity index (χ0) is 24.3. The van der Waals surface area contributed by atoms with E-state index in [1.165, 1.54) is 21.5 Å². The van der Waals surface area contributed by atoms with Gasteiger partial charge in [-0.05, 0) is 61.7 Å². The van der Waals surface area contributed by atoms with E-state index in [2.05, 4.69) is 128 Å². The van der Waals surface area contributed by atoms with E-state index in [9.17, 15) is 5.41 Å². The van der Waals surface area contributed by atoms with Crippen LogP contribution in [-0.2, 0) is 0 Å². The Bertz CT molecular complexity index is 1390. The number of halogens is 1. The Labute approximate surface area is 234 Å². The number of aromatic nitrogens is 2. The molecular weight excluding hydrogens is 592 g/mol. The maximum Gasteiger partial charge on any atom is 0.184 e. The second-order valence-electron chi connectivity index (χ2n) is 8.33. The van der Waals surface area contributed by atoms with E-state index in [1.54, 1.807) is 18.1 Å². The molecule has 5 aromatic rings. The van der Waals surface area contributed by atoms with E-state index in [0.29, 0.717) is 5.49 Å². The number of thioether (sulfide) groups is 1. The Kier molecular flexibility index (Phi) is 8.45. The molecule has 0 radical (unpaired) electrons. The number of nitrogens with one attached hydrogen (secondary N) is 1. The SMILES string of the molecule is CSc1ncn(-c2ccc(C)cc2)c(=N)c1[P+](c1ccccc1)(c1ccccc1)c1ccccc1.[I-]. The van der Waals surface area contributed by atoms with Crippen LogP contribution in [0.3, 0.4) is 0 Å². The molecule has 0 aliphatic heterocycles. The van der Waals surface area contributed by atoms with Crippen LogP contribution in [0.1, 0.15) is 5.56 Å². The molecule has 0 bridgehead atoms. The maximum atomic E-state index is 9.62. The monoisotopic (exact) mass is 619 g/mol. The molecule has 0 saturated carbocycles. The molecule has 1 aromatic heterocycles. The van der Waals surface area contributed by atoms with Gasteiger partial charge in [0, 0.05) is 5.69 Å². The van der Waals surface area contributed by atoms with Crippen LogP contribution in [0.25, 0.3) is 5.69 Å². The van der Waals surface area contributed by atoms with Gasteiger partial charge < -0.3 is 24.0 Å². The van der Waals surface area contributed by atoms with E-state index in [0.717, 1.165) is 16.0 Å². The molecule has 5 rings (SSSR count). The molecule has 0 atom stereocenters. The molecule has 4 aromatic carbocycles. The Balaban J connectivity index is 0.00000304. The highest BCUT2D eigenvalue weighted by atomic mass is 127. The largest absolute Gasteiger partial charge is 1.00 e. The van der Waals surface area contributed by atoms with Gasteiger partial charge in [-0.2, -0.15) is 0 Å². The molecule has 36 heavy (non-hydrogen) atoms. The summed E-state index contributed by atoms with van der Waals surface area (Å²) in [6.07, 6.45) is 3.84. The lowest BCUT2D eigenvalue weighted by atomic mass is 10.2. The van der Waals surface area contributed by atoms with Crippen molar-refractivity contribution in [1.82, 2.24) is 9.55 Å². The molecule has 0 spiro atoms. The molecule has 1 N–H and O–H groups in total. The zero-order valence-corrected chi connectivity index (χ0v) is 24.0. The van der Waals surface area contributed by atoms with Crippen molar-refractivity contribution in [3.63, 3.8) is 0 Å². The van der Waals surface area contributed by atoms with E-state index in [1.807, 2.05) is 4.57 Å². The van der Waals surface area contributed by atoms with Crippen molar-refractivity contribution in [2.24, 2.45) is 0 Å². The van der Waals surface area contributed by atoms with Crippen molar-refractivity contribution >= 4 is 40.2 Å². The Morgan fingerprint density at radius 2 is 1.14 bits per heavy atom. The third-order valence-corrected chi connectivity index (χ3v) is 11.4. The molecule has 3 nitrogen and oxygen atoms in total. The number of aryl methyl sites for hydroxylation is 1. The molecule has 180 valence electrons. The van der Waals surface area contributed by atoms with Gasteiger partial charge in [0.25, 0.3) is 0 Å². The summed E-state index contributed by atoms with van der Waals surface area (Å²) in [5, 5.41) is 15.1. The third kappa shape index (κ3) is 4.68. The van der Waals surface area contributed by atoms with Gasteiger partial charge in [-0.1, -0.05) is 72.3 Å². The average Bonchev–Trinajstić information content (AvgIpc) is 2.92. The lowest BCUT2D eigenvalue weighted by molar-refractivity contribution is -0.00000715. The van der Waals surface area contributed by atoms with Crippen LogP contribution in [0.4, 0.5) is 0 Å². The summed E-state index contributed by atoms with van der Waals surface area (Å²) >= 11 is 1.61. The number of hydrogen-bond acceptors (Lipinski definition) is 3. The van der Waals surface area contributed by atoms with E-state index < -0.39 is 7.26 Å². The highest BCUT2D eigenvalue weighted by molar-refractivity contribution is 8.04. The first-order chi connectivity index (χ1) is 17.2. The molecule has 0 fully saturated rings. The summed E-state index contributed by atoms with van der Waals surface area (Å²) in [5.41, 5.74) is 2.60. The number of benzene rings is 4. The van der Waals surface area contributed by atoms with Crippen LogP contribution in [0.2, 0.25) is 0 Å². The lowest BCUT2D eigenvalue weighted by Crippen LogP contribution is -3.00. The highest BCUT2D eigenvalue weighted by Gasteiger charge is 2.51. The van der Waals surface area contributed by atoms with Crippen molar-refractivity contribution < 1.29 is 24.0 Å². The van der Waals surface area contributed by atoms with Gasteiger partial charge in [0.15, 0.2) is 18.1 Å². The van der Waals surface area contributed by atoms with Crippen molar-refractivity contribution in [2.75, 3.05) is 6.26 Å². The normalized spacial score (nSPS) is 11.1. The van der Waals surface area contributed by atoms with Gasteiger partial charge in [0.05, 0.1) is 0 Å². The molecule has 0 saturated heterocycles. The Hall–Kier alpha value is -2.73. The number of rotatable bonds is 6. The van der Waals surface area contributed by atoms with Gasteiger partial charge in [-0.15, -0.1) is 11.8 Å². The fraction of sp³-hybridized carbons (Fsp3) is 0.0667. The topological polar surface area (TPSA) is 41.7 Å². The van der Waals surface area contributed by atoms with Crippen LogP contribution in [0, 0.1) is 12.3 Å². The summed E-state index contributed by atoms with van der Waals surface area (Å²) in [4.78, 5) is 4.93. The second kappa shape index (κ2) is 11.5. The molecule has 0 aliphatic rings. The fourth-order valence-electron chi connectivity index (χ4n) is 4.59. The summed E-state index contributed by atoms with van der Waals surface area (Å²) < 4.78 is 1.91. The summed E-state index contributed by atoms with van der Waals surface area (Å²) in [5.74, 6) is 0. The van der Waals surface area contributed by atoms with Crippen LogP contribution in [-0.4, -0.2) is 15.8 Å². The second-order valence-corrected chi connectivity index (χ2v) is 12.5. The van der Waals surface area contributed by atoms with Crippen LogP contribution in [0.15, 0.2) is 127 Å². The smallest absolute Gasteiger partial charge is 0.184 e. The third-order valence-electron chi connectivity index (χ3n) is 6.23.